The Morgan fingerprint density at radius 2 is 2.11 bits per heavy atom. The molecule has 1 heterocycles. The van der Waals surface area contributed by atoms with Crippen LogP contribution in [0.2, 0.25) is 0 Å². The van der Waals surface area contributed by atoms with Crippen molar-refractivity contribution in [2.24, 2.45) is 5.92 Å². The summed E-state index contributed by atoms with van der Waals surface area (Å²) in [5.41, 5.74) is 2.42. The minimum atomic E-state index is -0.336. The van der Waals surface area contributed by atoms with E-state index in [1.165, 1.54) is 11.1 Å². The number of benzene rings is 1. The summed E-state index contributed by atoms with van der Waals surface area (Å²) < 4.78 is 0. The third kappa shape index (κ3) is 4.33. The summed E-state index contributed by atoms with van der Waals surface area (Å²) in [6.45, 7) is 4.02. The van der Waals surface area contributed by atoms with Crippen molar-refractivity contribution in [3.63, 3.8) is 0 Å². The lowest BCUT2D eigenvalue weighted by molar-refractivity contribution is -0.121. The Hall–Kier alpha value is -1.39. The molecule has 4 nitrogen and oxygen atoms in total. The van der Waals surface area contributed by atoms with E-state index in [-0.39, 0.29) is 17.9 Å². The van der Waals surface area contributed by atoms with Gasteiger partial charge in [-0.2, -0.15) is 0 Å². The standard InChI is InChI=1S/C15H22N2O2/c1-11-2-4-12(5-3-11)6-7-15(19)17-9-13-8-16-10-14(13)18/h2-5,13-14,16,18H,6-10H2,1H3,(H,17,19). The summed E-state index contributed by atoms with van der Waals surface area (Å²) in [6.07, 6.45) is 0.925. The van der Waals surface area contributed by atoms with Crippen LogP contribution in [0.4, 0.5) is 0 Å². The summed E-state index contributed by atoms with van der Waals surface area (Å²) in [7, 11) is 0. The molecule has 0 spiro atoms. The third-order valence-corrected chi connectivity index (χ3v) is 3.63. The number of aryl methyl sites for hydroxylation is 2. The molecule has 0 aromatic heterocycles. The first kappa shape index (κ1) is 14.0. The van der Waals surface area contributed by atoms with Gasteiger partial charge in [0.1, 0.15) is 0 Å². The molecular formula is C15H22N2O2. The molecule has 19 heavy (non-hydrogen) atoms. The van der Waals surface area contributed by atoms with Crippen LogP contribution >= 0.6 is 0 Å². The maximum Gasteiger partial charge on any atom is 0.220 e. The van der Waals surface area contributed by atoms with E-state index in [0.29, 0.717) is 19.5 Å². The SMILES string of the molecule is Cc1ccc(CCC(=O)NCC2CNCC2O)cc1. The molecule has 1 aromatic rings. The minimum absolute atomic E-state index is 0.0553. The van der Waals surface area contributed by atoms with E-state index in [9.17, 15) is 9.90 Å². The molecule has 1 aliphatic heterocycles. The van der Waals surface area contributed by atoms with E-state index in [1.807, 2.05) is 0 Å². The van der Waals surface area contributed by atoms with Gasteiger partial charge in [-0.1, -0.05) is 29.8 Å². The second-order valence-electron chi connectivity index (χ2n) is 5.28. The van der Waals surface area contributed by atoms with Crippen LogP contribution in [0.5, 0.6) is 0 Å². The Labute approximate surface area is 114 Å². The topological polar surface area (TPSA) is 61.4 Å². The first-order valence-corrected chi connectivity index (χ1v) is 6.86. The highest BCUT2D eigenvalue weighted by Crippen LogP contribution is 2.08. The number of hydrogen-bond acceptors (Lipinski definition) is 3. The number of carbonyl (C=O) groups is 1. The van der Waals surface area contributed by atoms with Crippen LogP contribution in [0.3, 0.4) is 0 Å². The number of hydrogen-bond donors (Lipinski definition) is 3. The van der Waals surface area contributed by atoms with Crippen molar-refractivity contribution in [2.45, 2.75) is 25.9 Å². The second-order valence-corrected chi connectivity index (χ2v) is 5.28. The average molecular weight is 262 g/mol. The number of β-amino-alcohol motifs (C(OH)–C–C–N with tert-alkyl or cyclic N) is 1. The van der Waals surface area contributed by atoms with Crippen molar-refractivity contribution in [1.82, 2.24) is 10.6 Å². The van der Waals surface area contributed by atoms with Crippen molar-refractivity contribution >= 4 is 5.91 Å². The van der Waals surface area contributed by atoms with Crippen LogP contribution < -0.4 is 10.6 Å². The Morgan fingerprint density at radius 3 is 2.74 bits per heavy atom. The summed E-state index contributed by atoms with van der Waals surface area (Å²) in [4.78, 5) is 11.7. The molecule has 0 saturated carbocycles. The van der Waals surface area contributed by atoms with Gasteiger partial charge in [0.05, 0.1) is 6.10 Å². The van der Waals surface area contributed by atoms with Gasteiger partial charge in [0, 0.05) is 32.0 Å². The van der Waals surface area contributed by atoms with E-state index in [1.54, 1.807) is 0 Å². The number of amides is 1. The molecule has 0 bridgehead atoms. The molecule has 1 saturated heterocycles. The maximum atomic E-state index is 11.7. The third-order valence-electron chi connectivity index (χ3n) is 3.63. The first-order valence-electron chi connectivity index (χ1n) is 6.86. The maximum absolute atomic E-state index is 11.7. The van der Waals surface area contributed by atoms with Crippen LogP contribution in [0.15, 0.2) is 24.3 Å². The summed E-state index contributed by atoms with van der Waals surface area (Å²) in [5, 5.41) is 15.6. The van der Waals surface area contributed by atoms with Crippen molar-refractivity contribution in [3.05, 3.63) is 35.4 Å². The number of carbonyl (C=O) groups excluding carboxylic acids is 1. The zero-order chi connectivity index (χ0) is 13.7. The molecule has 1 aromatic carbocycles. The number of rotatable bonds is 5. The van der Waals surface area contributed by atoms with E-state index < -0.39 is 0 Å². The smallest absolute Gasteiger partial charge is 0.220 e. The molecule has 3 N–H and O–H groups in total. The highest BCUT2D eigenvalue weighted by molar-refractivity contribution is 5.76. The molecule has 0 aliphatic carbocycles. The number of nitrogens with one attached hydrogen (secondary N) is 2. The second kappa shape index (κ2) is 6.68. The zero-order valence-electron chi connectivity index (χ0n) is 11.4. The largest absolute Gasteiger partial charge is 0.391 e. The summed E-state index contributed by atoms with van der Waals surface area (Å²) in [5.74, 6) is 0.197. The Kier molecular flexibility index (Phi) is 4.93. The molecule has 2 rings (SSSR count). The van der Waals surface area contributed by atoms with Crippen molar-refractivity contribution < 1.29 is 9.90 Å². The van der Waals surface area contributed by atoms with Gasteiger partial charge < -0.3 is 15.7 Å². The Morgan fingerprint density at radius 1 is 1.37 bits per heavy atom. The van der Waals surface area contributed by atoms with Crippen molar-refractivity contribution in [2.75, 3.05) is 19.6 Å². The summed E-state index contributed by atoms with van der Waals surface area (Å²) in [6, 6.07) is 8.25. The molecule has 1 aliphatic rings. The van der Waals surface area contributed by atoms with Crippen molar-refractivity contribution in [1.29, 1.82) is 0 Å². The monoisotopic (exact) mass is 262 g/mol. The van der Waals surface area contributed by atoms with Crippen LogP contribution in [0.25, 0.3) is 0 Å². The van der Waals surface area contributed by atoms with Gasteiger partial charge in [-0.25, -0.2) is 0 Å². The quantitative estimate of drug-likeness (QED) is 0.729. The van der Waals surface area contributed by atoms with Crippen LogP contribution in [-0.4, -0.2) is 36.8 Å². The van der Waals surface area contributed by atoms with Crippen LogP contribution in [0, 0.1) is 12.8 Å². The molecule has 104 valence electrons. The number of aliphatic hydroxyl groups excluding tert-OH is 1. The molecule has 0 radical (unpaired) electrons. The lowest BCUT2D eigenvalue weighted by Crippen LogP contribution is -2.34. The fraction of sp³-hybridized carbons (Fsp3) is 0.533. The normalized spacial score (nSPS) is 22.4. The van der Waals surface area contributed by atoms with E-state index >= 15 is 0 Å². The Bertz CT molecular complexity index is 417. The molecule has 2 atom stereocenters. The van der Waals surface area contributed by atoms with E-state index in [4.69, 9.17) is 0 Å². The van der Waals surface area contributed by atoms with Crippen LogP contribution in [0.1, 0.15) is 17.5 Å². The minimum Gasteiger partial charge on any atom is -0.391 e. The molecule has 1 amide bonds. The van der Waals surface area contributed by atoms with Gasteiger partial charge >= 0.3 is 0 Å². The molecular weight excluding hydrogens is 240 g/mol. The first-order chi connectivity index (χ1) is 9.15. The Balaban J connectivity index is 1.68. The molecule has 1 fully saturated rings. The van der Waals surface area contributed by atoms with Gasteiger partial charge in [0.15, 0.2) is 0 Å². The molecule has 4 heteroatoms. The number of aliphatic hydroxyl groups is 1. The van der Waals surface area contributed by atoms with Gasteiger partial charge in [-0.15, -0.1) is 0 Å². The highest BCUT2D eigenvalue weighted by Gasteiger charge is 2.24. The summed E-state index contributed by atoms with van der Waals surface area (Å²) >= 11 is 0. The lowest BCUT2D eigenvalue weighted by atomic mass is 10.1. The zero-order valence-corrected chi connectivity index (χ0v) is 11.4. The van der Waals surface area contributed by atoms with Gasteiger partial charge in [0.2, 0.25) is 5.91 Å². The van der Waals surface area contributed by atoms with E-state index in [0.717, 1.165) is 13.0 Å². The molecule has 2 unspecified atom stereocenters. The van der Waals surface area contributed by atoms with Gasteiger partial charge in [0.25, 0.3) is 0 Å². The highest BCUT2D eigenvalue weighted by atomic mass is 16.3. The predicted molar refractivity (Wildman–Crippen MR) is 74.9 cm³/mol. The predicted octanol–water partition coefficient (Wildman–Crippen LogP) is 0.624. The average Bonchev–Trinajstić information content (AvgIpc) is 2.81. The van der Waals surface area contributed by atoms with E-state index in [2.05, 4.69) is 41.8 Å². The van der Waals surface area contributed by atoms with Gasteiger partial charge in [-0.3, -0.25) is 4.79 Å². The van der Waals surface area contributed by atoms with Gasteiger partial charge in [-0.05, 0) is 18.9 Å². The fourth-order valence-corrected chi connectivity index (χ4v) is 2.27. The van der Waals surface area contributed by atoms with Crippen LogP contribution in [-0.2, 0) is 11.2 Å². The van der Waals surface area contributed by atoms with Crippen molar-refractivity contribution in [3.8, 4) is 0 Å². The lowest BCUT2D eigenvalue weighted by Gasteiger charge is -2.14. The fourth-order valence-electron chi connectivity index (χ4n) is 2.27.